The standard InChI is InChI=1S/C43H78N2O2/c1-5-7-9-10-11-12-13-14-15-16-17-18-19-22-25-29-32-40(39-44-43(46)47-37-36-45(3)4)33-30-26-23-20-21-24-27-31-35-42-38-41(42)34-28-8-6-2/h11-12,14-15,31,35,38,40,42H,5-10,13,16-30,32-34,36-37,39H2,1-4H3,(H,44,46)/b12-11-,15-14-,35-31-. The molecule has 0 saturated heterocycles. The van der Waals surface area contributed by atoms with Gasteiger partial charge in [0.1, 0.15) is 6.61 Å². The summed E-state index contributed by atoms with van der Waals surface area (Å²) in [6, 6.07) is 0. The molecule has 2 unspecified atom stereocenters. The molecule has 0 saturated carbocycles. The molecule has 0 fully saturated rings. The largest absolute Gasteiger partial charge is 0.448 e. The molecule has 0 bridgehead atoms. The highest BCUT2D eigenvalue weighted by Gasteiger charge is 2.20. The number of hydrogen-bond acceptors (Lipinski definition) is 3. The lowest BCUT2D eigenvalue weighted by molar-refractivity contribution is 0.134. The van der Waals surface area contributed by atoms with Gasteiger partial charge in [-0.1, -0.05) is 152 Å². The Bertz CT molecular complexity index is 828. The predicted octanol–water partition coefficient (Wildman–Crippen LogP) is 12.9. The van der Waals surface area contributed by atoms with Gasteiger partial charge in [0.2, 0.25) is 0 Å². The molecule has 47 heavy (non-hydrogen) atoms. The van der Waals surface area contributed by atoms with Crippen LogP contribution < -0.4 is 5.32 Å². The first kappa shape index (κ1) is 43.2. The number of amides is 1. The quantitative estimate of drug-likeness (QED) is 0.0554. The van der Waals surface area contributed by atoms with Gasteiger partial charge in [-0.15, -0.1) is 0 Å². The number of ether oxygens (including phenoxy) is 1. The molecule has 0 aromatic carbocycles. The van der Waals surface area contributed by atoms with Gasteiger partial charge in [-0.3, -0.25) is 0 Å². The highest BCUT2D eigenvalue weighted by molar-refractivity contribution is 5.67. The Balaban J connectivity index is 2.12. The van der Waals surface area contributed by atoms with Gasteiger partial charge >= 0.3 is 6.09 Å². The van der Waals surface area contributed by atoms with E-state index in [4.69, 9.17) is 4.74 Å². The van der Waals surface area contributed by atoms with Crippen molar-refractivity contribution in [3.63, 3.8) is 0 Å². The van der Waals surface area contributed by atoms with Crippen LogP contribution in [-0.2, 0) is 4.74 Å². The molecule has 0 heterocycles. The molecule has 1 N–H and O–H groups in total. The summed E-state index contributed by atoms with van der Waals surface area (Å²) < 4.78 is 5.37. The number of rotatable bonds is 34. The van der Waals surface area contributed by atoms with Crippen molar-refractivity contribution in [1.82, 2.24) is 10.2 Å². The predicted molar refractivity (Wildman–Crippen MR) is 207 cm³/mol. The van der Waals surface area contributed by atoms with Crippen LogP contribution in [0.2, 0.25) is 0 Å². The second kappa shape index (κ2) is 32.7. The molecule has 0 aromatic rings. The smallest absolute Gasteiger partial charge is 0.407 e. The van der Waals surface area contributed by atoms with Crippen molar-refractivity contribution in [2.75, 3.05) is 33.8 Å². The van der Waals surface area contributed by atoms with Gasteiger partial charge < -0.3 is 15.0 Å². The van der Waals surface area contributed by atoms with Crippen molar-refractivity contribution >= 4 is 6.09 Å². The fourth-order valence-electron chi connectivity index (χ4n) is 6.21. The molecule has 272 valence electrons. The van der Waals surface area contributed by atoms with Gasteiger partial charge in [-0.25, -0.2) is 4.79 Å². The number of hydrogen-bond donors (Lipinski definition) is 1. The van der Waals surface area contributed by atoms with Crippen LogP contribution in [0.15, 0.2) is 48.1 Å². The summed E-state index contributed by atoms with van der Waals surface area (Å²) in [5.74, 6) is 1.26. The Morgan fingerprint density at radius 2 is 1.26 bits per heavy atom. The van der Waals surface area contributed by atoms with E-state index in [9.17, 15) is 4.79 Å². The molecular formula is C43H78N2O2. The fourth-order valence-corrected chi connectivity index (χ4v) is 6.21. The minimum absolute atomic E-state index is 0.256. The van der Waals surface area contributed by atoms with Crippen LogP contribution in [0, 0.1) is 11.8 Å². The molecule has 1 rings (SSSR count). The maximum absolute atomic E-state index is 12.2. The Hall–Kier alpha value is -1.81. The lowest BCUT2D eigenvalue weighted by Crippen LogP contribution is -2.31. The first-order valence-corrected chi connectivity index (χ1v) is 20.3. The molecule has 1 amide bonds. The molecule has 2 atom stereocenters. The Morgan fingerprint density at radius 1 is 0.723 bits per heavy atom. The zero-order valence-corrected chi connectivity index (χ0v) is 31.8. The molecule has 0 radical (unpaired) electrons. The van der Waals surface area contributed by atoms with E-state index in [1.54, 1.807) is 5.57 Å². The van der Waals surface area contributed by atoms with Crippen LogP contribution in [0.4, 0.5) is 4.79 Å². The van der Waals surface area contributed by atoms with Crippen molar-refractivity contribution in [2.24, 2.45) is 11.8 Å². The maximum Gasteiger partial charge on any atom is 0.407 e. The number of nitrogens with one attached hydrogen (secondary N) is 1. The number of alkyl carbamates (subject to hydrolysis) is 1. The van der Waals surface area contributed by atoms with Crippen LogP contribution in [0.3, 0.4) is 0 Å². The van der Waals surface area contributed by atoms with E-state index in [0.29, 0.717) is 18.4 Å². The van der Waals surface area contributed by atoms with E-state index in [2.05, 4.69) is 61.7 Å². The molecule has 4 nitrogen and oxygen atoms in total. The minimum Gasteiger partial charge on any atom is -0.448 e. The number of nitrogens with zero attached hydrogens (tertiary/aromatic N) is 1. The third kappa shape index (κ3) is 30.0. The van der Waals surface area contributed by atoms with Gasteiger partial charge in [0.25, 0.3) is 0 Å². The first-order chi connectivity index (χ1) is 23.1. The van der Waals surface area contributed by atoms with Crippen molar-refractivity contribution < 1.29 is 9.53 Å². The first-order valence-electron chi connectivity index (χ1n) is 20.3. The van der Waals surface area contributed by atoms with Crippen LogP contribution in [0.25, 0.3) is 0 Å². The molecule has 0 spiro atoms. The van der Waals surface area contributed by atoms with Crippen molar-refractivity contribution in [2.45, 2.75) is 174 Å². The van der Waals surface area contributed by atoms with Gasteiger partial charge in [0.15, 0.2) is 0 Å². The van der Waals surface area contributed by atoms with Crippen LogP contribution in [0.1, 0.15) is 174 Å². The average Bonchev–Trinajstić information content (AvgIpc) is 3.81. The molecular weight excluding hydrogens is 576 g/mol. The zero-order valence-electron chi connectivity index (χ0n) is 31.8. The van der Waals surface area contributed by atoms with E-state index in [1.807, 2.05) is 19.0 Å². The Labute approximate surface area is 293 Å². The molecule has 1 aliphatic rings. The Morgan fingerprint density at radius 3 is 1.85 bits per heavy atom. The van der Waals surface area contributed by atoms with Gasteiger partial charge in [-0.05, 0) is 90.6 Å². The van der Waals surface area contributed by atoms with Crippen molar-refractivity contribution in [3.05, 3.63) is 48.1 Å². The van der Waals surface area contributed by atoms with Gasteiger partial charge in [0, 0.05) is 19.0 Å². The fraction of sp³-hybridized carbons (Fsp3) is 0.791. The van der Waals surface area contributed by atoms with E-state index in [1.165, 1.54) is 154 Å². The lowest BCUT2D eigenvalue weighted by atomic mass is 9.94. The van der Waals surface area contributed by atoms with E-state index in [0.717, 1.165) is 19.5 Å². The average molecular weight is 655 g/mol. The summed E-state index contributed by atoms with van der Waals surface area (Å²) in [5.41, 5.74) is 1.68. The summed E-state index contributed by atoms with van der Waals surface area (Å²) >= 11 is 0. The van der Waals surface area contributed by atoms with Crippen LogP contribution in [0.5, 0.6) is 0 Å². The maximum atomic E-state index is 12.2. The third-order valence-electron chi connectivity index (χ3n) is 9.48. The van der Waals surface area contributed by atoms with Crippen LogP contribution >= 0.6 is 0 Å². The van der Waals surface area contributed by atoms with Gasteiger partial charge in [0.05, 0.1) is 0 Å². The minimum atomic E-state index is -0.256. The highest BCUT2D eigenvalue weighted by Crippen LogP contribution is 2.34. The second-order valence-corrected chi connectivity index (χ2v) is 14.4. The zero-order chi connectivity index (χ0) is 34.0. The summed E-state index contributed by atoms with van der Waals surface area (Å²) in [6.45, 7) is 6.51. The number of unbranched alkanes of at least 4 members (excludes halogenated alkanes) is 17. The van der Waals surface area contributed by atoms with Crippen molar-refractivity contribution in [3.8, 4) is 0 Å². The van der Waals surface area contributed by atoms with E-state index >= 15 is 0 Å². The highest BCUT2D eigenvalue weighted by atomic mass is 16.5. The van der Waals surface area contributed by atoms with E-state index in [-0.39, 0.29) is 6.09 Å². The van der Waals surface area contributed by atoms with Gasteiger partial charge in [-0.2, -0.15) is 0 Å². The number of carbonyl (C=O) groups excluding carboxylic acids is 1. The number of carbonyl (C=O) groups is 1. The summed E-state index contributed by atoms with van der Waals surface area (Å²) in [5, 5.41) is 3.07. The molecule has 4 heteroatoms. The SMILES string of the molecule is CCCCC/C=C\C/C=C\CCCCCCCCC(CCCCCCCC/C=C\C1C=C1CCCCC)CNC(=O)OCCN(C)C. The third-order valence-corrected chi connectivity index (χ3v) is 9.48. The normalized spacial score (nSPS) is 15.3. The molecule has 0 aliphatic heterocycles. The summed E-state index contributed by atoms with van der Waals surface area (Å²) in [7, 11) is 4.00. The lowest BCUT2D eigenvalue weighted by Gasteiger charge is -2.18. The Kier molecular flexibility index (Phi) is 30.1. The number of allylic oxidation sites excluding steroid dienone is 8. The topological polar surface area (TPSA) is 41.6 Å². The number of likely N-dealkylation sites (N-methyl/N-ethyl adjacent to an activating group) is 1. The second-order valence-electron chi connectivity index (χ2n) is 14.4. The van der Waals surface area contributed by atoms with E-state index < -0.39 is 0 Å². The van der Waals surface area contributed by atoms with Crippen LogP contribution in [-0.4, -0.2) is 44.8 Å². The summed E-state index contributed by atoms with van der Waals surface area (Å²) in [4.78, 5) is 14.3. The monoisotopic (exact) mass is 655 g/mol. The van der Waals surface area contributed by atoms with Crippen molar-refractivity contribution in [1.29, 1.82) is 0 Å². The molecule has 1 aliphatic carbocycles. The summed E-state index contributed by atoms with van der Waals surface area (Å²) in [6.07, 6.45) is 48.9. The molecule has 0 aromatic heterocycles.